The van der Waals surface area contributed by atoms with Gasteiger partial charge in [0.2, 0.25) is 0 Å². The molecule has 1 fully saturated rings. The molecular formula is C23H30N6O. The number of anilines is 1. The van der Waals surface area contributed by atoms with Crippen molar-refractivity contribution in [2.75, 3.05) is 5.32 Å². The Morgan fingerprint density at radius 3 is 2.67 bits per heavy atom. The molecule has 1 saturated carbocycles. The van der Waals surface area contributed by atoms with Gasteiger partial charge in [-0.15, -0.1) is 0 Å². The molecule has 0 bridgehead atoms. The van der Waals surface area contributed by atoms with Crippen LogP contribution in [0.25, 0.3) is 5.65 Å². The summed E-state index contributed by atoms with van der Waals surface area (Å²) in [6, 6.07) is 5.86. The molecule has 3 heterocycles. The molecule has 0 unspecified atom stereocenters. The molecule has 2 N–H and O–H groups in total. The molecule has 2 atom stereocenters. The summed E-state index contributed by atoms with van der Waals surface area (Å²) in [6.07, 6.45) is 7.94. The predicted octanol–water partition coefficient (Wildman–Crippen LogP) is 3.93. The summed E-state index contributed by atoms with van der Waals surface area (Å²) in [5.41, 5.74) is 2.24. The molecule has 0 spiro atoms. The van der Waals surface area contributed by atoms with Crippen molar-refractivity contribution in [1.82, 2.24) is 24.9 Å². The van der Waals surface area contributed by atoms with Crippen molar-refractivity contribution in [2.24, 2.45) is 16.7 Å². The summed E-state index contributed by atoms with van der Waals surface area (Å²) in [5, 5.41) is 10.9. The fourth-order valence-electron chi connectivity index (χ4n) is 4.33. The van der Waals surface area contributed by atoms with Crippen LogP contribution in [0, 0.1) is 16.7 Å². The lowest BCUT2D eigenvalue weighted by atomic mass is 9.66. The molecule has 0 radical (unpaired) electrons. The number of carbonyl (C=O) groups excluding carboxylic acids is 1. The highest BCUT2D eigenvalue weighted by atomic mass is 16.1. The van der Waals surface area contributed by atoms with Crippen LogP contribution in [0.3, 0.4) is 0 Å². The molecule has 3 aromatic rings. The number of fused-ring (bicyclic) bond motifs is 1. The second kappa shape index (κ2) is 7.38. The van der Waals surface area contributed by atoms with Crippen molar-refractivity contribution in [1.29, 1.82) is 0 Å². The minimum absolute atomic E-state index is 0.00505. The molecule has 0 aliphatic heterocycles. The van der Waals surface area contributed by atoms with Gasteiger partial charge < -0.3 is 10.6 Å². The van der Waals surface area contributed by atoms with Crippen LogP contribution in [0.4, 0.5) is 5.82 Å². The van der Waals surface area contributed by atoms with Gasteiger partial charge in [-0.25, -0.2) is 9.50 Å². The normalized spacial score (nSPS) is 22.2. The quantitative estimate of drug-likeness (QED) is 0.671. The van der Waals surface area contributed by atoms with E-state index in [-0.39, 0.29) is 22.8 Å². The van der Waals surface area contributed by atoms with Gasteiger partial charge in [0.15, 0.2) is 5.65 Å². The zero-order chi connectivity index (χ0) is 21.5. The largest absolute Gasteiger partial charge is 0.366 e. The lowest BCUT2D eigenvalue weighted by Crippen LogP contribution is -2.46. The average molecular weight is 407 g/mol. The highest BCUT2D eigenvalue weighted by Gasteiger charge is 2.53. The van der Waals surface area contributed by atoms with Gasteiger partial charge in [0.25, 0.3) is 5.91 Å². The first kappa shape index (κ1) is 20.3. The van der Waals surface area contributed by atoms with Gasteiger partial charge in [0.05, 0.1) is 6.20 Å². The van der Waals surface area contributed by atoms with Crippen molar-refractivity contribution in [2.45, 2.75) is 53.6 Å². The second-order valence-electron chi connectivity index (χ2n) is 9.46. The van der Waals surface area contributed by atoms with Crippen molar-refractivity contribution >= 4 is 17.4 Å². The molecular weight excluding hydrogens is 376 g/mol. The molecule has 0 saturated heterocycles. The minimum Gasteiger partial charge on any atom is -0.366 e. The van der Waals surface area contributed by atoms with Crippen LogP contribution >= 0.6 is 0 Å². The van der Waals surface area contributed by atoms with E-state index >= 15 is 0 Å². The summed E-state index contributed by atoms with van der Waals surface area (Å²) in [4.78, 5) is 21.9. The van der Waals surface area contributed by atoms with Crippen LogP contribution in [-0.2, 0) is 6.54 Å². The number of pyridine rings is 1. The summed E-state index contributed by atoms with van der Waals surface area (Å²) >= 11 is 0. The number of nitrogens with zero attached hydrogens (tertiary/aromatic N) is 4. The van der Waals surface area contributed by atoms with Gasteiger partial charge in [-0.3, -0.25) is 9.78 Å². The van der Waals surface area contributed by atoms with Crippen LogP contribution in [0.2, 0.25) is 0 Å². The Hall–Kier alpha value is -2.96. The molecule has 3 aromatic heterocycles. The van der Waals surface area contributed by atoms with E-state index in [0.717, 1.165) is 12.0 Å². The first-order valence-corrected chi connectivity index (χ1v) is 10.5. The Balaban J connectivity index is 1.53. The van der Waals surface area contributed by atoms with E-state index in [9.17, 15) is 4.79 Å². The smallest absolute Gasteiger partial charge is 0.257 e. The van der Waals surface area contributed by atoms with Crippen molar-refractivity contribution in [3.05, 3.63) is 54.1 Å². The monoisotopic (exact) mass is 406 g/mol. The molecule has 4 rings (SSSR count). The maximum Gasteiger partial charge on any atom is 0.257 e. The van der Waals surface area contributed by atoms with Crippen LogP contribution < -0.4 is 10.6 Å². The Kier molecular flexibility index (Phi) is 5.00. The molecule has 1 aliphatic rings. The predicted molar refractivity (Wildman–Crippen MR) is 117 cm³/mol. The maximum absolute atomic E-state index is 13.1. The number of carbonyl (C=O) groups is 1. The van der Waals surface area contributed by atoms with Crippen molar-refractivity contribution < 1.29 is 4.79 Å². The van der Waals surface area contributed by atoms with Crippen LogP contribution in [0.5, 0.6) is 0 Å². The van der Waals surface area contributed by atoms with Crippen LogP contribution in [-0.4, -0.2) is 31.5 Å². The third kappa shape index (κ3) is 3.42. The Labute approximate surface area is 177 Å². The molecule has 158 valence electrons. The molecule has 1 amide bonds. The highest BCUT2D eigenvalue weighted by molar-refractivity contribution is 6.00. The molecule has 7 heteroatoms. The van der Waals surface area contributed by atoms with Crippen LogP contribution in [0.1, 0.15) is 57.0 Å². The van der Waals surface area contributed by atoms with Gasteiger partial charge in [-0.05, 0) is 40.9 Å². The fourth-order valence-corrected chi connectivity index (χ4v) is 4.33. The van der Waals surface area contributed by atoms with Gasteiger partial charge in [0.1, 0.15) is 11.4 Å². The Morgan fingerprint density at radius 1 is 1.20 bits per heavy atom. The average Bonchev–Trinajstić information content (AvgIpc) is 3.20. The van der Waals surface area contributed by atoms with E-state index in [2.05, 4.69) is 60.3 Å². The number of hydrogen-bond donors (Lipinski definition) is 2. The first-order chi connectivity index (χ1) is 14.2. The van der Waals surface area contributed by atoms with E-state index in [4.69, 9.17) is 0 Å². The third-order valence-electron chi connectivity index (χ3n) is 7.47. The molecule has 0 aromatic carbocycles. The fraction of sp³-hybridized carbons (Fsp3) is 0.478. The van der Waals surface area contributed by atoms with Gasteiger partial charge >= 0.3 is 0 Å². The summed E-state index contributed by atoms with van der Waals surface area (Å²) < 4.78 is 1.64. The van der Waals surface area contributed by atoms with Crippen LogP contribution in [0.15, 0.2) is 43.0 Å². The number of rotatable bonds is 5. The van der Waals surface area contributed by atoms with E-state index in [1.54, 1.807) is 16.9 Å². The zero-order valence-corrected chi connectivity index (χ0v) is 18.3. The summed E-state index contributed by atoms with van der Waals surface area (Å²) in [7, 11) is 0. The molecule has 7 nitrogen and oxygen atoms in total. The number of amides is 1. The Bertz CT molecular complexity index is 1060. The Morgan fingerprint density at radius 2 is 2.00 bits per heavy atom. The zero-order valence-electron chi connectivity index (χ0n) is 18.3. The third-order valence-corrected chi connectivity index (χ3v) is 7.47. The van der Waals surface area contributed by atoms with Crippen molar-refractivity contribution in [3.8, 4) is 0 Å². The molecule has 30 heavy (non-hydrogen) atoms. The standard InChI is InChI=1S/C23H30N6O/c1-15-11-18(23(4,5)22(15,2)3)27-21(30)17-14-26-29-10-8-19(28-20(17)29)25-13-16-7-6-9-24-12-16/h6-10,12,14-15,18H,11,13H2,1-5H3,(H,25,28)(H,27,30)/t15-,18-/m1/s1. The van der Waals surface area contributed by atoms with E-state index < -0.39 is 0 Å². The number of nitrogens with one attached hydrogen (secondary N) is 2. The first-order valence-electron chi connectivity index (χ1n) is 10.5. The topological polar surface area (TPSA) is 84.2 Å². The van der Waals surface area contributed by atoms with Gasteiger partial charge in [0, 0.05) is 31.2 Å². The number of aromatic nitrogens is 4. The van der Waals surface area contributed by atoms with Crippen molar-refractivity contribution in [3.63, 3.8) is 0 Å². The SMILES string of the molecule is C[C@@H]1C[C@@H](NC(=O)c2cnn3ccc(NCc4cccnc4)nc23)C(C)(C)C1(C)C. The van der Waals surface area contributed by atoms with Gasteiger partial charge in [-0.2, -0.15) is 5.10 Å². The summed E-state index contributed by atoms with van der Waals surface area (Å²) in [6.45, 7) is 12.0. The minimum atomic E-state index is -0.120. The maximum atomic E-state index is 13.1. The summed E-state index contributed by atoms with van der Waals surface area (Å²) in [5.74, 6) is 1.10. The van der Waals surface area contributed by atoms with E-state index in [1.165, 1.54) is 0 Å². The number of hydrogen-bond acceptors (Lipinski definition) is 5. The molecule has 1 aliphatic carbocycles. The highest BCUT2D eigenvalue weighted by Crippen LogP contribution is 2.55. The van der Waals surface area contributed by atoms with E-state index in [1.807, 2.05) is 30.6 Å². The lowest BCUT2D eigenvalue weighted by Gasteiger charge is -2.41. The van der Waals surface area contributed by atoms with E-state index in [0.29, 0.717) is 29.5 Å². The second-order valence-corrected chi connectivity index (χ2v) is 9.46. The van der Waals surface area contributed by atoms with Gasteiger partial charge in [-0.1, -0.05) is 40.7 Å². The lowest BCUT2D eigenvalue weighted by molar-refractivity contribution is 0.0780.